The van der Waals surface area contributed by atoms with Crippen LogP contribution in [0.3, 0.4) is 0 Å². The summed E-state index contributed by atoms with van der Waals surface area (Å²) in [6.45, 7) is 5.51. The molecule has 1 aliphatic rings. The van der Waals surface area contributed by atoms with Gasteiger partial charge in [0.2, 0.25) is 5.91 Å². The van der Waals surface area contributed by atoms with Crippen LogP contribution in [-0.2, 0) is 11.3 Å². The molecule has 1 amide bonds. The topological polar surface area (TPSA) is 50.2 Å². The van der Waals surface area contributed by atoms with Crippen molar-refractivity contribution in [2.45, 2.75) is 32.4 Å². The summed E-state index contributed by atoms with van der Waals surface area (Å²) in [7, 11) is 0. The van der Waals surface area contributed by atoms with Crippen LogP contribution in [-0.4, -0.2) is 46.0 Å². The normalized spacial score (nSPS) is 20.2. The van der Waals surface area contributed by atoms with E-state index in [9.17, 15) is 4.79 Å². The minimum absolute atomic E-state index is 0.0396. The van der Waals surface area contributed by atoms with Gasteiger partial charge in [-0.3, -0.25) is 4.79 Å². The Morgan fingerprint density at radius 2 is 2.41 bits per heavy atom. The Hall–Kier alpha value is -1.36. The fourth-order valence-electron chi connectivity index (χ4n) is 2.12. The van der Waals surface area contributed by atoms with Crippen LogP contribution in [0.2, 0.25) is 0 Å². The Kier molecular flexibility index (Phi) is 4.14. The van der Waals surface area contributed by atoms with Gasteiger partial charge in [-0.15, -0.1) is 0 Å². The molecule has 0 bridgehead atoms. The minimum Gasteiger partial charge on any atom is -0.339 e. The Bertz CT molecular complexity index is 349. The predicted molar refractivity (Wildman–Crippen MR) is 65.5 cm³/mol. The number of hydrogen-bond donors (Lipinski definition) is 1. The SMILES string of the molecule is CCCNC1CCN(CCn2ccnc2)C1=O. The first kappa shape index (κ1) is 12.1. The van der Waals surface area contributed by atoms with E-state index in [1.807, 2.05) is 15.7 Å². The third-order valence-electron chi connectivity index (χ3n) is 3.13. The first-order valence-corrected chi connectivity index (χ1v) is 6.29. The Morgan fingerprint density at radius 1 is 1.53 bits per heavy atom. The van der Waals surface area contributed by atoms with Gasteiger partial charge in [-0.1, -0.05) is 6.92 Å². The highest BCUT2D eigenvalue weighted by Gasteiger charge is 2.30. The molecule has 2 heterocycles. The highest BCUT2D eigenvalue weighted by atomic mass is 16.2. The first-order valence-electron chi connectivity index (χ1n) is 6.29. The van der Waals surface area contributed by atoms with Gasteiger partial charge in [-0.05, 0) is 19.4 Å². The number of aromatic nitrogens is 2. The lowest BCUT2D eigenvalue weighted by molar-refractivity contribution is -0.129. The molecule has 1 atom stereocenters. The molecule has 2 rings (SSSR count). The van der Waals surface area contributed by atoms with E-state index in [0.717, 1.165) is 39.0 Å². The van der Waals surface area contributed by atoms with E-state index in [1.165, 1.54) is 0 Å². The van der Waals surface area contributed by atoms with Crippen LogP contribution < -0.4 is 5.32 Å². The molecule has 0 spiro atoms. The lowest BCUT2D eigenvalue weighted by atomic mass is 10.2. The second-order valence-corrected chi connectivity index (χ2v) is 4.42. The molecule has 1 aromatic rings. The zero-order valence-electron chi connectivity index (χ0n) is 10.3. The molecule has 1 saturated heterocycles. The molecule has 1 unspecified atom stereocenters. The number of nitrogens with one attached hydrogen (secondary N) is 1. The third-order valence-corrected chi connectivity index (χ3v) is 3.13. The molecule has 1 aliphatic heterocycles. The van der Waals surface area contributed by atoms with Crippen LogP contribution >= 0.6 is 0 Å². The second kappa shape index (κ2) is 5.82. The molecule has 1 N–H and O–H groups in total. The summed E-state index contributed by atoms with van der Waals surface area (Å²) in [4.78, 5) is 17.9. The Morgan fingerprint density at radius 3 is 3.12 bits per heavy atom. The van der Waals surface area contributed by atoms with Crippen molar-refractivity contribution in [3.63, 3.8) is 0 Å². The number of amides is 1. The van der Waals surface area contributed by atoms with Gasteiger partial charge in [0.25, 0.3) is 0 Å². The predicted octanol–water partition coefficient (Wildman–Crippen LogP) is 0.484. The van der Waals surface area contributed by atoms with Gasteiger partial charge < -0.3 is 14.8 Å². The highest BCUT2D eigenvalue weighted by molar-refractivity contribution is 5.83. The van der Waals surface area contributed by atoms with Gasteiger partial charge in [0.1, 0.15) is 0 Å². The number of likely N-dealkylation sites (tertiary alicyclic amines) is 1. The van der Waals surface area contributed by atoms with Crippen molar-refractivity contribution in [3.8, 4) is 0 Å². The van der Waals surface area contributed by atoms with E-state index >= 15 is 0 Å². The van der Waals surface area contributed by atoms with E-state index < -0.39 is 0 Å². The quantitative estimate of drug-likeness (QED) is 0.782. The first-order chi connectivity index (χ1) is 8.31. The van der Waals surface area contributed by atoms with Crippen molar-refractivity contribution in [1.29, 1.82) is 0 Å². The molecule has 94 valence electrons. The summed E-state index contributed by atoms with van der Waals surface area (Å²) < 4.78 is 2.00. The third kappa shape index (κ3) is 3.06. The summed E-state index contributed by atoms with van der Waals surface area (Å²) in [5.41, 5.74) is 0. The summed E-state index contributed by atoms with van der Waals surface area (Å²) in [5.74, 6) is 0.249. The van der Waals surface area contributed by atoms with Crippen LogP contribution in [0.15, 0.2) is 18.7 Å². The number of nitrogens with zero attached hydrogens (tertiary/aromatic N) is 3. The van der Waals surface area contributed by atoms with Gasteiger partial charge >= 0.3 is 0 Å². The molecular formula is C12H20N4O. The minimum atomic E-state index is 0.0396. The second-order valence-electron chi connectivity index (χ2n) is 4.42. The number of imidazole rings is 1. The van der Waals surface area contributed by atoms with Crippen molar-refractivity contribution in [1.82, 2.24) is 19.8 Å². The fraction of sp³-hybridized carbons (Fsp3) is 0.667. The Balaban J connectivity index is 1.77. The van der Waals surface area contributed by atoms with E-state index in [1.54, 1.807) is 12.5 Å². The summed E-state index contributed by atoms with van der Waals surface area (Å²) in [6, 6.07) is 0.0396. The van der Waals surface area contributed by atoms with Crippen molar-refractivity contribution in [2.75, 3.05) is 19.6 Å². The molecule has 0 saturated carbocycles. The monoisotopic (exact) mass is 236 g/mol. The van der Waals surface area contributed by atoms with Gasteiger partial charge in [-0.25, -0.2) is 4.98 Å². The van der Waals surface area contributed by atoms with Crippen LogP contribution in [0.25, 0.3) is 0 Å². The highest BCUT2D eigenvalue weighted by Crippen LogP contribution is 2.11. The van der Waals surface area contributed by atoms with Crippen molar-refractivity contribution in [3.05, 3.63) is 18.7 Å². The lowest BCUT2D eigenvalue weighted by Gasteiger charge is -2.17. The standard InChI is InChI=1S/C12H20N4O/c1-2-4-14-11-3-6-16(12(11)17)9-8-15-7-5-13-10-15/h5,7,10-11,14H,2-4,6,8-9H2,1H3. The largest absolute Gasteiger partial charge is 0.339 e. The Labute approximate surface area is 102 Å². The molecule has 0 aromatic carbocycles. The van der Waals surface area contributed by atoms with E-state index in [-0.39, 0.29) is 11.9 Å². The van der Waals surface area contributed by atoms with Crippen molar-refractivity contribution >= 4 is 5.91 Å². The average Bonchev–Trinajstić information content (AvgIpc) is 2.95. The van der Waals surface area contributed by atoms with Gasteiger partial charge in [0, 0.05) is 32.0 Å². The smallest absolute Gasteiger partial charge is 0.239 e. The van der Waals surface area contributed by atoms with Crippen molar-refractivity contribution in [2.24, 2.45) is 0 Å². The maximum atomic E-state index is 12.0. The van der Waals surface area contributed by atoms with Crippen LogP contribution in [0.5, 0.6) is 0 Å². The van der Waals surface area contributed by atoms with Crippen LogP contribution in [0, 0.1) is 0 Å². The zero-order valence-corrected chi connectivity index (χ0v) is 10.3. The number of hydrogen-bond acceptors (Lipinski definition) is 3. The lowest BCUT2D eigenvalue weighted by Crippen LogP contribution is -2.39. The molecule has 1 fully saturated rings. The summed E-state index contributed by atoms with van der Waals surface area (Å²) in [6.07, 6.45) is 7.47. The molecular weight excluding hydrogens is 216 g/mol. The number of rotatable bonds is 6. The maximum absolute atomic E-state index is 12.0. The summed E-state index contributed by atoms with van der Waals surface area (Å²) in [5, 5.41) is 3.29. The molecule has 5 heteroatoms. The molecule has 5 nitrogen and oxygen atoms in total. The average molecular weight is 236 g/mol. The molecule has 0 radical (unpaired) electrons. The van der Waals surface area contributed by atoms with Crippen molar-refractivity contribution < 1.29 is 4.79 Å². The zero-order chi connectivity index (χ0) is 12.1. The molecule has 1 aromatic heterocycles. The number of carbonyl (C=O) groups is 1. The van der Waals surface area contributed by atoms with Crippen LogP contribution in [0.1, 0.15) is 19.8 Å². The summed E-state index contributed by atoms with van der Waals surface area (Å²) >= 11 is 0. The van der Waals surface area contributed by atoms with E-state index in [4.69, 9.17) is 0 Å². The van der Waals surface area contributed by atoms with Crippen LogP contribution in [0.4, 0.5) is 0 Å². The van der Waals surface area contributed by atoms with E-state index in [0.29, 0.717) is 0 Å². The fourth-order valence-corrected chi connectivity index (χ4v) is 2.12. The number of carbonyl (C=O) groups excluding carboxylic acids is 1. The van der Waals surface area contributed by atoms with E-state index in [2.05, 4.69) is 17.2 Å². The molecule has 0 aliphatic carbocycles. The van der Waals surface area contributed by atoms with Gasteiger partial charge in [0.15, 0.2) is 0 Å². The van der Waals surface area contributed by atoms with Gasteiger partial charge in [-0.2, -0.15) is 0 Å². The molecule has 17 heavy (non-hydrogen) atoms. The van der Waals surface area contributed by atoms with Gasteiger partial charge in [0.05, 0.1) is 12.4 Å². The maximum Gasteiger partial charge on any atom is 0.239 e.